The Morgan fingerprint density at radius 1 is 1.41 bits per heavy atom. The fourth-order valence-electron chi connectivity index (χ4n) is 2.19. The Kier molecular flexibility index (Phi) is 7.64. The molecule has 1 saturated carbocycles. The van der Waals surface area contributed by atoms with Crippen molar-refractivity contribution in [1.82, 2.24) is 0 Å². The summed E-state index contributed by atoms with van der Waals surface area (Å²) in [5.74, 6) is 0.726. The fourth-order valence-corrected chi connectivity index (χ4v) is 2.19. The lowest BCUT2D eigenvalue weighted by Crippen LogP contribution is -2.21. The van der Waals surface area contributed by atoms with E-state index in [2.05, 4.69) is 5.14 Å². The number of benzene rings is 1. The highest BCUT2D eigenvalue weighted by Crippen LogP contribution is 2.28. The van der Waals surface area contributed by atoms with E-state index in [1.165, 1.54) is 6.07 Å². The Morgan fingerprint density at radius 3 is 2.64 bits per heavy atom. The van der Waals surface area contributed by atoms with E-state index in [-0.39, 0.29) is 23.1 Å². The average molecular weight is 329 g/mol. The number of rotatable bonds is 4. The molecule has 0 aromatic heterocycles. The quantitative estimate of drug-likeness (QED) is 0.504. The van der Waals surface area contributed by atoms with Gasteiger partial charge in [-0.05, 0) is 24.8 Å². The topological polar surface area (TPSA) is 136 Å². The van der Waals surface area contributed by atoms with Crippen LogP contribution in [0, 0.1) is 16.0 Å². The van der Waals surface area contributed by atoms with Gasteiger partial charge in [0.25, 0.3) is 0 Å². The van der Waals surface area contributed by atoms with Gasteiger partial charge >= 0.3 is 5.69 Å². The maximum atomic E-state index is 11.3. The molecule has 122 valence electrons. The van der Waals surface area contributed by atoms with Crippen molar-refractivity contribution < 1.29 is 23.2 Å². The van der Waals surface area contributed by atoms with Crippen LogP contribution in [0.5, 0.6) is 5.75 Å². The molecule has 2 unspecified atom stereocenters. The van der Waals surface area contributed by atoms with Gasteiger partial charge in [-0.25, -0.2) is 0 Å². The van der Waals surface area contributed by atoms with Crippen LogP contribution in [0.1, 0.15) is 25.7 Å². The van der Waals surface area contributed by atoms with Gasteiger partial charge in [-0.2, -0.15) is 0 Å². The largest absolute Gasteiger partial charge is 0.760 e. The van der Waals surface area contributed by atoms with Crippen molar-refractivity contribution in [2.75, 3.05) is 6.61 Å². The molecule has 2 rings (SSSR count). The Balaban J connectivity index is 0.000000541. The third-order valence-corrected chi connectivity index (χ3v) is 3.12. The van der Waals surface area contributed by atoms with Crippen LogP contribution in [-0.2, 0) is 16.1 Å². The van der Waals surface area contributed by atoms with Crippen LogP contribution in [-0.4, -0.2) is 26.1 Å². The minimum atomic E-state index is -2.36. The number of Topliss-reactive ketones (excluding diaryl/α,β-unsaturated/α-hetero) is 1. The Bertz CT molecular complexity index is 547. The van der Waals surface area contributed by atoms with Gasteiger partial charge < -0.3 is 9.29 Å². The number of carbonyl (C=O) groups excluding carboxylic acids is 1. The van der Waals surface area contributed by atoms with Crippen molar-refractivity contribution in [2.45, 2.75) is 25.7 Å². The number of nitrogens with zero attached hydrogens (tertiary/aromatic N) is 1. The first kappa shape index (κ1) is 18.2. The zero-order valence-electron chi connectivity index (χ0n) is 11.8. The van der Waals surface area contributed by atoms with Crippen LogP contribution >= 0.6 is 0 Å². The first-order chi connectivity index (χ1) is 10.4. The SMILES string of the molecule is NS(=O)[O-].O=C1CCCC(COc2ccccc2[N+](=O)[O-])C1. The van der Waals surface area contributed by atoms with Gasteiger partial charge in [-0.1, -0.05) is 12.1 Å². The van der Waals surface area contributed by atoms with Gasteiger partial charge in [0.2, 0.25) is 0 Å². The summed E-state index contributed by atoms with van der Waals surface area (Å²) in [6, 6.07) is 6.31. The molecule has 2 N–H and O–H groups in total. The Labute approximate surface area is 130 Å². The van der Waals surface area contributed by atoms with E-state index in [1.807, 2.05) is 0 Å². The van der Waals surface area contributed by atoms with Gasteiger partial charge in [-0.3, -0.25) is 24.3 Å². The maximum Gasteiger partial charge on any atom is 0.310 e. The highest BCUT2D eigenvalue weighted by molar-refractivity contribution is 7.76. The van der Waals surface area contributed by atoms with E-state index in [0.29, 0.717) is 19.4 Å². The molecule has 1 aliphatic rings. The van der Waals surface area contributed by atoms with Gasteiger partial charge in [0.1, 0.15) is 5.78 Å². The molecule has 0 radical (unpaired) electrons. The smallest absolute Gasteiger partial charge is 0.310 e. The van der Waals surface area contributed by atoms with Crippen LogP contribution < -0.4 is 9.88 Å². The number of ether oxygens (including phenoxy) is 1. The third kappa shape index (κ3) is 6.74. The monoisotopic (exact) mass is 329 g/mol. The number of ketones is 1. The van der Waals surface area contributed by atoms with Crippen LogP contribution in [0.25, 0.3) is 0 Å². The number of nitro groups is 1. The third-order valence-electron chi connectivity index (χ3n) is 3.12. The lowest BCUT2D eigenvalue weighted by molar-refractivity contribution is -0.385. The van der Waals surface area contributed by atoms with E-state index < -0.39 is 16.2 Å². The molecule has 0 aliphatic heterocycles. The molecule has 1 aromatic carbocycles. The Morgan fingerprint density at radius 2 is 2.05 bits per heavy atom. The van der Waals surface area contributed by atoms with E-state index >= 15 is 0 Å². The maximum absolute atomic E-state index is 11.3. The molecule has 22 heavy (non-hydrogen) atoms. The summed E-state index contributed by atoms with van der Waals surface area (Å²) in [5.41, 5.74) is -0.0281. The fraction of sp³-hybridized carbons (Fsp3) is 0.462. The molecule has 2 atom stereocenters. The molecule has 0 heterocycles. The first-order valence-electron chi connectivity index (χ1n) is 6.61. The summed E-state index contributed by atoms with van der Waals surface area (Å²) in [6.45, 7) is 0.372. The highest BCUT2D eigenvalue weighted by atomic mass is 32.2. The molecule has 1 aliphatic carbocycles. The number of nitro benzene ring substituents is 1. The van der Waals surface area contributed by atoms with Crippen molar-refractivity contribution in [2.24, 2.45) is 11.1 Å². The molecule has 1 aromatic rings. The van der Waals surface area contributed by atoms with Crippen LogP contribution in [0.4, 0.5) is 5.69 Å². The van der Waals surface area contributed by atoms with Crippen LogP contribution in [0.2, 0.25) is 0 Å². The predicted molar refractivity (Wildman–Crippen MR) is 78.7 cm³/mol. The molecular formula is C13H17N2O6S-. The number of carbonyl (C=O) groups is 1. The van der Waals surface area contributed by atoms with Crippen molar-refractivity contribution in [3.8, 4) is 5.75 Å². The Hall–Kier alpha value is -1.84. The normalized spacial score (nSPS) is 18.8. The second-order valence-electron chi connectivity index (χ2n) is 4.80. The van der Waals surface area contributed by atoms with Gasteiger partial charge in [0.05, 0.1) is 11.5 Å². The summed E-state index contributed by atoms with van der Waals surface area (Å²) in [4.78, 5) is 21.6. The van der Waals surface area contributed by atoms with Crippen LogP contribution in [0.15, 0.2) is 24.3 Å². The van der Waals surface area contributed by atoms with Crippen LogP contribution in [0.3, 0.4) is 0 Å². The summed E-state index contributed by atoms with van der Waals surface area (Å²) >= 11 is -2.36. The highest BCUT2D eigenvalue weighted by Gasteiger charge is 2.21. The van der Waals surface area contributed by atoms with Crippen molar-refractivity contribution in [3.63, 3.8) is 0 Å². The van der Waals surface area contributed by atoms with Gasteiger partial charge in [-0.15, -0.1) is 0 Å². The zero-order chi connectivity index (χ0) is 16.5. The predicted octanol–water partition coefficient (Wildman–Crippen LogP) is 1.47. The second kappa shape index (κ2) is 9.23. The number of para-hydroxylation sites is 2. The minimum Gasteiger partial charge on any atom is -0.760 e. The van der Waals surface area contributed by atoms with E-state index in [4.69, 9.17) is 13.5 Å². The van der Waals surface area contributed by atoms with Gasteiger partial charge in [0.15, 0.2) is 5.75 Å². The molecule has 0 spiro atoms. The van der Waals surface area contributed by atoms with Crippen molar-refractivity contribution in [3.05, 3.63) is 34.4 Å². The molecule has 1 fully saturated rings. The molecular weight excluding hydrogens is 312 g/mol. The lowest BCUT2D eigenvalue weighted by atomic mass is 9.89. The standard InChI is InChI=1S/C13H15NO4.H3NO2S/c15-11-5-3-4-10(8-11)9-18-13-7-2-1-6-12(13)14(16)17;1-4(2)3/h1-2,6-7,10H,3-5,8-9H2;1H2,(H,2,3)/p-1. The minimum absolute atomic E-state index is 0.0281. The number of nitrogens with two attached hydrogens (primary N) is 1. The zero-order valence-corrected chi connectivity index (χ0v) is 12.6. The molecule has 0 amide bonds. The van der Waals surface area contributed by atoms with E-state index in [1.54, 1.807) is 18.2 Å². The summed E-state index contributed by atoms with van der Waals surface area (Å²) < 4.78 is 23.0. The molecule has 9 heteroatoms. The summed E-state index contributed by atoms with van der Waals surface area (Å²) in [6.07, 6.45) is 3.03. The van der Waals surface area contributed by atoms with E-state index in [9.17, 15) is 14.9 Å². The summed E-state index contributed by atoms with van der Waals surface area (Å²) in [5, 5.41) is 14.8. The number of hydrogen-bond acceptors (Lipinski definition) is 6. The first-order valence-corrected chi connectivity index (χ1v) is 7.75. The lowest BCUT2D eigenvalue weighted by Gasteiger charge is -2.20. The average Bonchev–Trinajstić information content (AvgIpc) is 2.45. The van der Waals surface area contributed by atoms with Crippen molar-refractivity contribution >= 4 is 22.7 Å². The summed E-state index contributed by atoms with van der Waals surface area (Å²) in [7, 11) is 0. The molecule has 8 nitrogen and oxygen atoms in total. The van der Waals surface area contributed by atoms with Crippen molar-refractivity contribution in [1.29, 1.82) is 0 Å². The second-order valence-corrected chi connectivity index (χ2v) is 5.32. The van der Waals surface area contributed by atoms with Gasteiger partial charge in [0, 0.05) is 30.2 Å². The van der Waals surface area contributed by atoms with E-state index in [0.717, 1.165) is 12.8 Å². The molecule has 0 saturated heterocycles. The molecule has 0 bridgehead atoms. The number of hydrogen-bond donors (Lipinski definition) is 1.